The van der Waals surface area contributed by atoms with E-state index in [2.05, 4.69) is 19.2 Å². The van der Waals surface area contributed by atoms with Crippen LogP contribution in [-0.2, 0) is 0 Å². The number of rotatable bonds is 9. The summed E-state index contributed by atoms with van der Waals surface area (Å²) in [6.07, 6.45) is 35.3. The monoisotopic (exact) mass is 261 g/mol. The highest BCUT2D eigenvalue weighted by Gasteiger charge is 1.64. The molecule has 0 saturated heterocycles. The molecule has 0 aliphatic heterocycles. The normalized spacial score (nSPS) is 13.8. The van der Waals surface area contributed by atoms with E-state index in [-0.39, 0.29) is 0 Å². The highest BCUT2D eigenvalue weighted by molar-refractivity contribution is 5.20. The average molecular weight is 261 g/mol. The van der Waals surface area contributed by atoms with E-state index in [1.165, 1.54) is 0 Å². The molecule has 0 heteroatoms. The van der Waals surface area contributed by atoms with Crippen LogP contribution < -0.4 is 0 Å². The van der Waals surface area contributed by atoms with E-state index in [1.807, 2.05) is 91.1 Å². The van der Waals surface area contributed by atoms with Gasteiger partial charge in [0, 0.05) is 0 Å². The van der Waals surface area contributed by atoms with E-state index in [0.717, 1.165) is 0 Å². The SMILES string of the molecule is C=C/C=C/C=C/[C]=C/C=C/C=C/C=C/C=C/C=C/C=C. The van der Waals surface area contributed by atoms with Gasteiger partial charge in [-0.25, -0.2) is 0 Å². The van der Waals surface area contributed by atoms with Crippen LogP contribution in [0.3, 0.4) is 0 Å². The Labute approximate surface area is 123 Å². The molecule has 0 bridgehead atoms. The third-order valence-electron chi connectivity index (χ3n) is 1.88. The van der Waals surface area contributed by atoms with Crippen LogP contribution >= 0.6 is 0 Å². The molecule has 0 atom stereocenters. The largest absolute Gasteiger partial charge is 0.0991 e. The predicted octanol–water partition coefficient (Wildman–Crippen LogP) is 5.61. The second-order valence-electron chi connectivity index (χ2n) is 3.47. The van der Waals surface area contributed by atoms with Gasteiger partial charge in [0.25, 0.3) is 0 Å². The van der Waals surface area contributed by atoms with Crippen molar-refractivity contribution in [3.8, 4) is 0 Å². The summed E-state index contributed by atoms with van der Waals surface area (Å²) in [5.74, 6) is 0. The zero-order chi connectivity index (χ0) is 14.7. The zero-order valence-electron chi connectivity index (χ0n) is 11.7. The summed E-state index contributed by atoms with van der Waals surface area (Å²) in [4.78, 5) is 0. The van der Waals surface area contributed by atoms with Crippen LogP contribution in [0.4, 0.5) is 0 Å². The smallest absolute Gasteiger partial charge is 0.0184 e. The maximum Gasteiger partial charge on any atom is -0.0184 e. The van der Waals surface area contributed by atoms with E-state index in [9.17, 15) is 0 Å². The van der Waals surface area contributed by atoms with Crippen LogP contribution in [0.2, 0.25) is 0 Å². The predicted molar refractivity (Wildman–Crippen MR) is 92.2 cm³/mol. The summed E-state index contributed by atoms with van der Waals surface area (Å²) in [7, 11) is 0. The Balaban J connectivity index is 3.86. The van der Waals surface area contributed by atoms with Crippen molar-refractivity contribution in [2.45, 2.75) is 0 Å². The van der Waals surface area contributed by atoms with Crippen LogP contribution in [0.25, 0.3) is 0 Å². The highest BCUT2D eigenvalue weighted by Crippen LogP contribution is 1.85. The van der Waals surface area contributed by atoms with Crippen molar-refractivity contribution in [1.82, 2.24) is 0 Å². The molecule has 0 amide bonds. The molecular formula is C20H21. The van der Waals surface area contributed by atoms with Crippen LogP contribution in [0.1, 0.15) is 0 Å². The van der Waals surface area contributed by atoms with Gasteiger partial charge in [0.2, 0.25) is 0 Å². The third kappa shape index (κ3) is 15.4. The first-order valence-corrected chi connectivity index (χ1v) is 6.39. The minimum absolute atomic E-state index is 1.73. The van der Waals surface area contributed by atoms with Gasteiger partial charge in [-0.1, -0.05) is 116 Å². The fourth-order valence-electron chi connectivity index (χ4n) is 1.01. The van der Waals surface area contributed by atoms with Crippen molar-refractivity contribution >= 4 is 0 Å². The molecule has 1 radical (unpaired) electrons. The summed E-state index contributed by atoms with van der Waals surface area (Å²) in [5, 5.41) is 0. The Kier molecular flexibility index (Phi) is 14.3. The Morgan fingerprint density at radius 3 is 1.35 bits per heavy atom. The molecule has 0 N–H and O–H groups in total. The molecule has 0 fully saturated rings. The maximum atomic E-state index is 3.59. The van der Waals surface area contributed by atoms with Crippen LogP contribution in [-0.4, -0.2) is 0 Å². The fraction of sp³-hybridized carbons (Fsp3) is 0. The second-order valence-corrected chi connectivity index (χ2v) is 3.47. The summed E-state index contributed by atoms with van der Waals surface area (Å²) >= 11 is 0. The van der Waals surface area contributed by atoms with E-state index in [4.69, 9.17) is 0 Å². The van der Waals surface area contributed by atoms with Crippen LogP contribution in [0.15, 0.2) is 116 Å². The molecule has 0 aromatic heterocycles. The maximum absolute atomic E-state index is 3.59. The molecular weight excluding hydrogens is 240 g/mol. The van der Waals surface area contributed by atoms with Gasteiger partial charge in [-0.15, -0.1) is 0 Å². The minimum atomic E-state index is 1.73. The minimum Gasteiger partial charge on any atom is -0.0991 e. The molecule has 0 aliphatic rings. The molecule has 0 rings (SSSR count). The van der Waals surface area contributed by atoms with E-state index in [0.29, 0.717) is 0 Å². The Bertz CT molecular complexity index is 426. The van der Waals surface area contributed by atoms with Gasteiger partial charge in [-0.2, -0.15) is 0 Å². The molecule has 0 saturated carbocycles. The summed E-state index contributed by atoms with van der Waals surface area (Å²) in [5.41, 5.74) is 0. The molecule has 20 heavy (non-hydrogen) atoms. The molecule has 101 valence electrons. The first-order valence-electron chi connectivity index (χ1n) is 6.39. The number of hydrogen-bond donors (Lipinski definition) is 0. The molecule has 0 aromatic rings. The second kappa shape index (κ2) is 16.4. The lowest BCUT2D eigenvalue weighted by molar-refractivity contribution is 1.79. The summed E-state index contributed by atoms with van der Waals surface area (Å²) < 4.78 is 0. The summed E-state index contributed by atoms with van der Waals surface area (Å²) in [6, 6.07) is 0. The molecule has 0 heterocycles. The van der Waals surface area contributed by atoms with Gasteiger partial charge in [-0.3, -0.25) is 0 Å². The highest BCUT2D eigenvalue weighted by atomic mass is 13.7. The zero-order valence-corrected chi connectivity index (χ0v) is 11.7. The molecule has 0 unspecified atom stereocenters. The van der Waals surface area contributed by atoms with Crippen LogP contribution in [0.5, 0.6) is 0 Å². The lowest BCUT2D eigenvalue weighted by Gasteiger charge is -1.75. The van der Waals surface area contributed by atoms with Gasteiger partial charge in [0.1, 0.15) is 0 Å². The van der Waals surface area contributed by atoms with Crippen molar-refractivity contribution < 1.29 is 0 Å². The van der Waals surface area contributed by atoms with Crippen molar-refractivity contribution in [3.05, 3.63) is 123 Å². The first kappa shape index (κ1) is 17.4. The molecule has 0 aliphatic carbocycles. The first-order chi connectivity index (χ1) is 9.91. The molecule has 0 aromatic carbocycles. The Morgan fingerprint density at radius 2 is 0.850 bits per heavy atom. The fourth-order valence-corrected chi connectivity index (χ4v) is 1.01. The number of hydrogen-bond acceptors (Lipinski definition) is 0. The molecule has 0 spiro atoms. The standard InChI is InChI=1S/C20H21/c1-3-5-7-9-11-13-15-17-19-20-18-16-14-12-10-8-6-4-2/h3-13,15-20H,1-2H2/b7-5+,8-6+,11-9+,12-10+,15-13+,16-14?,19-17+,20-18+. The van der Waals surface area contributed by atoms with Crippen molar-refractivity contribution in [1.29, 1.82) is 0 Å². The van der Waals surface area contributed by atoms with E-state index >= 15 is 0 Å². The van der Waals surface area contributed by atoms with Crippen LogP contribution in [0, 0.1) is 6.08 Å². The van der Waals surface area contributed by atoms with Crippen molar-refractivity contribution in [2.75, 3.05) is 0 Å². The van der Waals surface area contributed by atoms with Gasteiger partial charge in [-0.05, 0) is 6.08 Å². The summed E-state index contributed by atoms with van der Waals surface area (Å²) in [6.45, 7) is 7.17. The van der Waals surface area contributed by atoms with E-state index in [1.54, 1.807) is 12.2 Å². The third-order valence-corrected chi connectivity index (χ3v) is 1.88. The van der Waals surface area contributed by atoms with Gasteiger partial charge < -0.3 is 0 Å². The Morgan fingerprint density at radius 1 is 0.450 bits per heavy atom. The van der Waals surface area contributed by atoms with Crippen molar-refractivity contribution in [3.63, 3.8) is 0 Å². The quantitative estimate of drug-likeness (QED) is 0.473. The van der Waals surface area contributed by atoms with Crippen molar-refractivity contribution in [2.24, 2.45) is 0 Å². The molecule has 0 nitrogen and oxygen atoms in total. The lowest BCUT2D eigenvalue weighted by atomic mass is 10.3. The average Bonchev–Trinajstić information content (AvgIpc) is 2.47. The van der Waals surface area contributed by atoms with E-state index < -0.39 is 0 Å². The Hall–Kier alpha value is -2.60. The lowest BCUT2D eigenvalue weighted by Crippen LogP contribution is -1.54. The topological polar surface area (TPSA) is 0 Å². The number of allylic oxidation sites excluding steroid dienone is 18. The van der Waals surface area contributed by atoms with Gasteiger partial charge >= 0.3 is 0 Å². The van der Waals surface area contributed by atoms with Gasteiger partial charge in [0.05, 0.1) is 0 Å². The van der Waals surface area contributed by atoms with Gasteiger partial charge in [0.15, 0.2) is 0 Å².